The summed E-state index contributed by atoms with van der Waals surface area (Å²) in [6, 6.07) is 3.97. The van der Waals surface area contributed by atoms with Crippen molar-refractivity contribution in [2.75, 3.05) is 0 Å². The van der Waals surface area contributed by atoms with Crippen LogP contribution >= 0.6 is 27.3 Å². The molecule has 1 aromatic heterocycles. The molecule has 0 aliphatic heterocycles. The zero-order valence-corrected chi connectivity index (χ0v) is 7.00. The maximum Gasteiger partial charge on any atom is 0.110 e. The quantitative estimate of drug-likeness (QED) is 0.642. The van der Waals surface area contributed by atoms with E-state index in [1.54, 1.807) is 0 Å². The Kier molecular flexibility index (Phi) is 2.26. The van der Waals surface area contributed by atoms with Gasteiger partial charge in [-0.15, -0.1) is 11.3 Å². The van der Waals surface area contributed by atoms with Crippen LogP contribution in [0.3, 0.4) is 0 Å². The van der Waals surface area contributed by atoms with Gasteiger partial charge in [0, 0.05) is 5.33 Å². The van der Waals surface area contributed by atoms with E-state index in [9.17, 15) is 0 Å². The van der Waals surface area contributed by atoms with Crippen molar-refractivity contribution in [3.05, 3.63) is 21.9 Å². The lowest BCUT2D eigenvalue weighted by Gasteiger charge is -1.77. The third-order valence-corrected chi connectivity index (χ3v) is 2.45. The third-order valence-electron chi connectivity index (χ3n) is 0.918. The molecule has 1 aromatic rings. The predicted octanol–water partition coefficient (Wildman–Crippen LogP) is 2.51. The lowest BCUT2D eigenvalue weighted by Crippen LogP contribution is -1.64. The molecule has 0 spiro atoms. The Balaban J connectivity index is 2.90. The van der Waals surface area contributed by atoms with Gasteiger partial charge in [-0.2, -0.15) is 5.26 Å². The van der Waals surface area contributed by atoms with Gasteiger partial charge in [-0.3, -0.25) is 0 Å². The number of hydrogen-bond acceptors (Lipinski definition) is 2. The van der Waals surface area contributed by atoms with E-state index in [1.165, 1.54) is 16.9 Å². The van der Waals surface area contributed by atoms with Gasteiger partial charge in [0.2, 0.25) is 0 Å². The molecule has 1 heterocycles. The monoisotopic (exact) mass is 201 g/mol. The number of nitrogens with zero attached hydrogens (tertiary/aromatic N) is 1. The Labute approximate surface area is 66.1 Å². The van der Waals surface area contributed by atoms with Gasteiger partial charge in [-0.25, -0.2) is 0 Å². The third kappa shape index (κ3) is 1.54. The molecule has 0 saturated heterocycles. The second kappa shape index (κ2) is 3.00. The van der Waals surface area contributed by atoms with Gasteiger partial charge in [0.15, 0.2) is 0 Å². The lowest BCUT2D eigenvalue weighted by atomic mass is 10.3. The Morgan fingerprint density at radius 1 is 1.78 bits per heavy atom. The van der Waals surface area contributed by atoms with Gasteiger partial charge in [0.1, 0.15) is 10.9 Å². The minimum atomic E-state index is 0.782. The topological polar surface area (TPSA) is 23.8 Å². The first-order chi connectivity index (χ1) is 4.36. The number of nitriles is 1. The summed E-state index contributed by atoms with van der Waals surface area (Å²) < 4.78 is 0. The molecule has 0 atom stereocenters. The molecule has 1 rings (SSSR count). The molecule has 0 aliphatic rings. The van der Waals surface area contributed by atoms with Crippen LogP contribution < -0.4 is 0 Å². The standard InChI is InChI=1S/C6H4BrNS/c7-2-5-1-6(3-8)9-4-5/h1,4H,2H2. The zero-order valence-electron chi connectivity index (χ0n) is 4.60. The average Bonchev–Trinajstić information content (AvgIpc) is 2.34. The summed E-state index contributed by atoms with van der Waals surface area (Å²) in [5.41, 5.74) is 1.18. The summed E-state index contributed by atoms with van der Waals surface area (Å²) in [7, 11) is 0. The van der Waals surface area contributed by atoms with Crippen molar-refractivity contribution < 1.29 is 0 Å². The number of thiophene rings is 1. The Morgan fingerprint density at radius 2 is 2.56 bits per heavy atom. The van der Waals surface area contributed by atoms with Crippen LogP contribution in [0.15, 0.2) is 11.4 Å². The SMILES string of the molecule is N#Cc1cc(CBr)cs1. The Bertz CT molecular complexity index is 235. The highest BCUT2D eigenvalue weighted by Crippen LogP contribution is 2.15. The lowest BCUT2D eigenvalue weighted by molar-refractivity contribution is 1.48. The summed E-state index contributed by atoms with van der Waals surface area (Å²) in [6.45, 7) is 0. The maximum atomic E-state index is 8.39. The van der Waals surface area contributed by atoms with E-state index in [0.717, 1.165) is 10.2 Å². The van der Waals surface area contributed by atoms with Crippen LogP contribution in [-0.2, 0) is 5.33 Å². The van der Waals surface area contributed by atoms with Gasteiger partial charge < -0.3 is 0 Å². The van der Waals surface area contributed by atoms with Crippen LogP contribution in [0.5, 0.6) is 0 Å². The molecule has 0 unspecified atom stereocenters. The van der Waals surface area contributed by atoms with E-state index < -0.39 is 0 Å². The fraction of sp³-hybridized carbons (Fsp3) is 0.167. The van der Waals surface area contributed by atoms with Gasteiger partial charge in [0.25, 0.3) is 0 Å². The highest BCUT2D eigenvalue weighted by Gasteiger charge is 1.94. The van der Waals surface area contributed by atoms with Gasteiger partial charge in [-0.05, 0) is 17.0 Å². The number of alkyl halides is 1. The van der Waals surface area contributed by atoms with Gasteiger partial charge in [-0.1, -0.05) is 15.9 Å². The van der Waals surface area contributed by atoms with Crippen LogP contribution in [0, 0.1) is 11.3 Å². The second-order valence-electron chi connectivity index (χ2n) is 1.56. The second-order valence-corrected chi connectivity index (χ2v) is 3.04. The van der Waals surface area contributed by atoms with E-state index in [-0.39, 0.29) is 0 Å². The molecule has 0 amide bonds. The fourth-order valence-corrected chi connectivity index (χ4v) is 1.74. The minimum Gasteiger partial charge on any atom is -0.192 e. The summed E-state index contributed by atoms with van der Waals surface area (Å²) in [6.07, 6.45) is 0. The van der Waals surface area contributed by atoms with E-state index >= 15 is 0 Å². The zero-order chi connectivity index (χ0) is 6.69. The first-order valence-electron chi connectivity index (χ1n) is 2.40. The molecule has 3 heteroatoms. The number of rotatable bonds is 1. The van der Waals surface area contributed by atoms with Gasteiger partial charge in [0.05, 0.1) is 0 Å². The molecule has 0 aliphatic carbocycles. The van der Waals surface area contributed by atoms with Crippen molar-refractivity contribution >= 4 is 27.3 Å². The normalized spacial score (nSPS) is 8.89. The number of hydrogen-bond donors (Lipinski definition) is 0. The average molecular weight is 202 g/mol. The van der Waals surface area contributed by atoms with Crippen LogP contribution in [0.4, 0.5) is 0 Å². The van der Waals surface area contributed by atoms with Crippen molar-refractivity contribution in [3.8, 4) is 6.07 Å². The van der Waals surface area contributed by atoms with Crippen molar-refractivity contribution in [1.29, 1.82) is 5.26 Å². The van der Waals surface area contributed by atoms with E-state index in [1.807, 2.05) is 11.4 Å². The van der Waals surface area contributed by atoms with E-state index in [0.29, 0.717) is 0 Å². The molecule has 0 N–H and O–H groups in total. The molecular formula is C6H4BrNS. The molecule has 0 aromatic carbocycles. The van der Waals surface area contributed by atoms with Crippen molar-refractivity contribution in [1.82, 2.24) is 0 Å². The molecule has 46 valence electrons. The summed E-state index contributed by atoms with van der Waals surface area (Å²) in [5.74, 6) is 0. The predicted molar refractivity (Wildman–Crippen MR) is 41.7 cm³/mol. The first-order valence-corrected chi connectivity index (χ1v) is 4.40. The maximum absolute atomic E-state index is 8.39. The minimum absolute atomic E-state index is 0.782. The van der Waals surface area contributed by atoms with Crippen LogP contribution in [0.25, 0.3) is 0 Å². The largest absolute Gasteiger partial charge is 0.192 e. The number of halogens is 1. The smallest absolute Gasteiger partial charge is 0.110 e. The van der Waals surface area contributed by atoms with Crippen LogP contribution in [0.1, 0.15) is 10.4 Å². The molecule has 0 saturated carbocycles. The Hall–Kier alpha value is -0.330. The molecule has 9 heavy (non-hydrogen) atoms. The molecule has 0 bridgehead atoms. The van der Waals surface area contributed by atoms with Crippen molar-refractivity contribution in [2.45, 2.75) is 5.33 Å². The van der Waals surface area contributed by atoms with Gasteiger partial charge >= 0.3 is 0 Å². The van der Waals surface area contributed by atoms with Crippen LogP contribution in [-0.4, -0.2) is 0 Å². The molecule has 0 radical (unpaired) electrons. The first kappa shape index (κ1) is 6.79. The highest BCUT2D eigenvalue weighted by atomic mass is 79.9. The molecular weight excluding hydrogens is 198 g/mol. The molecule has 1 nitrogen and oxygen atoms in total. The summed E-state index contributed by atoms with van der Waals surface area (Å²) in [4.78, 5) is 0.782. The van der Waals surface area contributed by atoms with E-state index in [2.05, 4.69) is 22.0 Å². The highest BCUT2D eigenvalue weighted by molar-refractivity contribution is 9.08. The summed E-state index contributed by atoms with van der Waals surface area (Å²) in [5, 5.41) is 11.2. The van der Waals surface area contributed by atoms with Crippen molar-refractivity contribution in [3.63, 3.8) is 0 Å². The Morgan fingerprint density at radius 3 is 2.89 bits per heavy atom. The van der Waals surface area contributed by atoms with Crippen molar-refractivity contribution in [2.24, 2.45) is 0 Å². The molecule has 0 fully saturated rings. The fourth-order valence-electron chi connectivity index (χ4n) is 0.504. The van der Waals surface area contributed by atoms with E-state index in [4.69, 9.17) is 5.26 Å². The van der Waals surface area contributed by atoms with Crippen LogP contribution in [0.2, 0.25) is 0 Å². The summed E-state index contributed by atoms with van der Waals surface area (Å²) >= 11 is 4.78.